The van der Waals surface area contributed by atoms with Crippen LogP contribution in [0.3, 0.4) is 0 Å². The van der Waals surface area contributed by atoms with E-state index < -0.39 is 0 Å². The molecule has 4 rings (SSSR count). The van der Waals surface area contributed by atoms with Gasteiger partial charge in [-0.2, -0.15) is 0 Å². The lowest BCUT2D eigenvalue weighted by molar-refractivity contribution is 0.307. The van der Waals surface area contributed by atoms with E-state index >= 15 is 0 Å². The second-order valence-electron chi connectivity index (χ2n) is 12.1. The lowest BCUT2D eigenvalue weighted by atomic mass is 9.63. The molecular weight excluding hydrogens is 438 g/mol. The first kappa shape index (κ1) is 26.5. The summed E-state index contributed by atoms with van der Waals surface area (Å²) in [6.45, 7) is 17.9. The van der Waals surface area contributed by atoms with Gasteiger partial charge in [-0.1, -0.05) is 97.0 Å². The Hall–Kier alpha value is -2.58. The lowest BCUT2D eigenvalue weighted by Gasteiger charge is -2.42. The number of fused-ring (bicyclic) bond motifs is 1. The van der Waals surface area contributed by atoms with Gasteiger partial charge in [0.25, 0.3) is 0 Å². The van der Waals surface area contributed by atoms with Gasteiger partial charge >= 0.3 is 0 Å². The number of ether oxygens (including phenoxy) is 1. The normalized spacial score (nSPS) is 16.1. The Kier molecular flexibility index (Phi) is 7.95. The standard InChI is InChI=1S/C34H45NO/c1-8-25-12-9-10-13-28(25)26-15-17-32(36-21-11-20-35-24(2)3)29(22-26)27-14-16-30-31(23-27)34(6,7)19-18-33(30,4)5/h9-10,12-17,22-24,35H,8,11,18-21H2,1-7H3. The first-order chi connectivity index (χ1) is 17.1. The van der Waals surface area contributed by atoms with E-state index in [0.717, 1.165) is 25.1 Å². The maximum atomic E-state index is 6.42. The predicted molar refractivity (Wildman–Crippen MR) is 155 cm³/mol. The molecule has 0 fully saturated rings. The van der Waals surface area contributed by atoms with Gasteiger partial charge in [-0.25, -0.2) is 0 Å². The van der Waals surface area contributed by atoms with Crippen molar-refractivity contribution in [3.63, 3.8) is 0 Å². The molecule has 1 aliphatic carbocycles. The second-order valence-corrected chi connectivity index (χ2v) is 12.1. The van der Waals surface area contributed by atoms with Crippen LogP contribution in [0, 0.1) is 0 Å². The molecule has 192 valence electrons. The van der Waals surface area contributed by atoms with Crippen LogP contribution in [0.15, 0.2) is 60.7 Å². The van der Waals surface area contributed by atoms with Gasteiger partial charge in [-0.3, -0.25) is 0 Å². The van der Waals surface area contributed by atoms with Gasteiger partial charge in [-0.15, -0.1) is 0 Å². The SMILES string of the molecule is CCc1ccccc1-c1ccc(OCCCNC(C)C)c(-c2ccc3c(c2)C(C)(C)CCC3(C)C)c1. The summed E-state index contributed by atoms with van der Waals surface area (Å²) in [5.74, 6) is 0.977. The zero-order chi connectivity index (χ0) is 25.9. The molecule has 0 saturated heterocycles. The van der Waals surface area contributed by atoms with E-state index in [0.29, 0.717) is 12.6 Å². The molecule has 0 atom stereocenters. The van der Waals surface area contributed by atoms with Crippen LogP contribution in [-0.4, -0.2) is 19.2 Å². The highest BCUT2D eigenvalue weighted by atomic mass is 16.5. The van der Waals surface area contributed by atoms with Crippen LogP contribution in [-0.2, 0) is 17.3 Å². The summed E-state index contributed by atoms with van der Waals surface area (Å²) in [5, 5.41) is 3.49. The molecule has 1 aliphatic rings. The summed E-state index contributed by atoms with van der Waals surface area (Å²) >= 11 is 0. The summed E-state index contributed by atoms with van der Waals surface area (Å²) in [6.07, 6.45) is 4.46. The van der Waals surface area contributed by atoms with Gasteiger partial charge in [0.05, 0.1) is 6.61 Å². The van der Waals surface area contributed by atoms with E-state index in [9.17, 15) is 0 Å². The van der Waals surface area contributed by atoms with Crippen LogP contribution in [0.5, 0.6) is 5.75 Å². The Bertz CT molecular complexity index is 1190. The minimum atomic E-state index is 0.177. The van der Waals surface area contributed by atoms with Crippen LogP contribution in [0.25, 0.3) is 22.3 Å². The van der Waals surface area contributed by atoms with Crippen LogP contribution >= 0.6 is 0 Å². The maximum Gasteiger partial charge on any atom is 0.127 e. The molecule has 0 heterocycles. The van der Waals surface area contributed by atoms with Crippen molar-refractivity contribution in [3.05, 3.63) is 77.4 Å². The van der Waals surface area contributed by atoms with E-state index in [1.807, 2.05) is 0 Å². The Morgan fingerprint density at radius 2 is 1.47 bits per heavy atom. The maximum absolute atomic E-state index is 6.42. The van der Waals surface area contributed by atoms with Crippen LogP contribution < -0.4 is 10.1 Å². The second kappa shape index (κ2) is 10.8. The third kappa shape index (κ3) is 5.70. The van der Waals surface area contributed by atoms with Crippen molar-refractivity contribution in [1.82, 2.24) is 5.32 Å². The summed E-state index contributed by atoms with van der Waals surface area (Å²) in [4.78, 5) is 0. The molecule has 0 spiro atoms. The first-order valence-corrected chi connectivity index (χ1v) is 13.9. The van der Waals surface area contributed by atoms with Gasteiger partial charge in [-0.05, 0) is 88.6 Å². The van der Waals surface area contributed by atoms with Crippen molar-refractivity contribution in [2.24, 2.45) is 0 Å². The van der Waals surface area contributed by atoms with E-state index in [1.165, 1.54) is 51.8 Å². The fourth-order valence-corrected chi connectivity index (χ4v) is 5.56. The van der Waals surface area contributed by atoms with Crippen LogP contribution in [0.2, 0.25) is 0 Å². The number of hydrogen-bond donors (Lipinski definition) is 1. The Morgan fingerprint density at radius 1 is 0.806 bits per heavy atom. The smallest absolute Gasteiger partial charge is 0.127 e. The van der Waals surface area contributed by atoms with Crippen molar-refractivity contribution in [2.75, 3.05) is 13.2 Å². The topological polar surface area (TPSA) is 21.3 Å². The highest BCUT2D eigenvalue weighted by Gasteiger charge is 2.37. The summed E-state index contributed by atoms with van der Waals surface area (Å²) < 4.78 is 6.42. The molecule has 0 amide bonds. The Morgan fingerprint density at radius 3 is 2.19 bits per heavy atom. The molecular formula is C34H45NO. The number of nitrogens with one attached hydrogen (secondary N) is 1. The average Bonchev–Trinajstić information content (AvgIpc) is 2.86. The quantitative estimate of drug-likeness (QED) is 0.307. The molecule has 1 N–H and O–H groups in total. The van der Waals surface area contributed by atoms with Crippen molar-refractivity contribution in [1.29, 1.82) is 0 Å². The van der Waals surface area contributed by atoms with E-state index in [-0.39, 0.29) is 10.8 Å². The number of aryl methyl sites for hydroxylation is 1. The molecule has 0 aliphatic heterocycles. The molecule has 0 saturated carbocycles. The third-order valence-electron chi connectivity index (χ3n) is 7.98. The zero-order valence-corrected chi connectivity index (χ0v) is 23.5. The molecule has 3 aromatic carbocycles. The predicted octanol–water partition coefficient (Wildman–Crippen LogP) is 8.70. The Balaban J connectivity index is 1.76. The number of hydrogen-bond acceptors (Lipinski definition) is 2. The minimum absolute atomic E-state index is 0.177. The first-order valence-electron chi connectivity index (χ1n) is 13.9. The fourth-order valence-electron chi connectivity index (χ4n) is 5.56. The highest BCUT2D eigenvalue weighted by molar-refractivity contribution is 5.79. The third-order valence-corrected chi connectivity index (χ3v) is 7.98. The van der Waals surface area contributed by atoms with Crippen LogP contribution in [0.4, 0.5) is 0 Å². The van der Waals surface area contributed by atoms with Gasteiger partial charge < -0.3 is 10.1 Å². The molecule has 36 heavy (non-hydrogen) atoms. The molecule has 3 aromatic rings. The largest absolute Gasteiger partial charge is 0.493 e. The van der Waals surface area contributed by atoms with Crippen molar-refractivity contribution >= 4 is 0 Å². The molecule has 0 radical (unpaired) electrons. The number of rotatable bonds is 9. The van der Waals surface area contributed by atoms with Crippen molar-refractivity contribution in [3.8, 4) is 28.0 Å². The molecule has 0 bridgehead atoms. The average molecular weight is 484 g/mol. The lowest BCUT2D eigenvalue weighted by Crippen LogP contribution is -2.33. The zero-order valence-electron chi connectivity index (χ0n) is 23.5. The van der Waals surface area contributed by atoms with E-state index in [2.05, 4.69) is 114 Å². The fraction of sp³-hybridized carbons (Fsp3) is 0.471. The molecule has 2 nitrogen and oxygen atoms in total. The highest BCUT2D eigenvalue weighted by Crippen LogP contribution is 2.47. The summed E-state index contributed by atoms with van der Waals surface area (Å²) in [7, 11) is 0. The van der Waals surface area contributed by atoms with Gasteiger partial charge in [0.1, 0.15) is 5.75 Å². The van der Waals surface area contributed by atoms with Gasteiger partial charge in [0, 0.05) is 11.6 Å². The van der Waals surface area contributed by atoms with Gasteiger partial charge in [0.15, 0.2) is 0 Å². The van der Waals surface area contributed by atoms with E-state index in [4.69, 9.17) is 4.74 Å². The van der Waals surface area contributed by atoms with Crippen LogP contribution in [0.1, 0.15) is 84.4 Å². The molecule has 2 heteroatoms. The van der Waals surface area contributed by atoms with Crippen molar-refractivity contribution < 1.29 is 4.74 Å². The Labute approximate surface area is 219 Å². The molecule has 0 unspecified atom stereocenters. The molecule has 0 aromatic heterocycles. The monoisotopic (exact) mass is 483 g/mol. The number of benzene rings is 3. The van der Waals surface area contributed by atoms with Gasteiger partial charge in [0.2, 0.25) is 0 Å². The minimum Gasteiger partial charge on any atom is -0.493 e. The van der Waals surface area contributed by atoms with Crippen molar-refractivity contribution in [2.45, 2.75) is 91.0 Å². The van der Waals surface area contributed by atoms with E-state index in [1.54, 1.807) is 0 Å². The summed E-state index contributed by atoms with van der Waals surface area (Å²) in [6, 6.07) is 23.2. The summed E-state index contributed by atoms with van der Waals surface area (Å²) in [5.41, 5.74) is 9.78.